The molecule has 1 aliphatic heterocycles. The van der Waals surface area contributed by atoms with Crippen molar-refractivity contribution in [3.63, 3.8) is 0 Å². The number of fused-ring (bicyclic) bond motifs is 1. The molecular weight excluding hydrogens is 312 g/mol. The van der Waals surface area contributed by atoms with Crippen molar-refractivity contribution in [2.24, 2.45) is 10.8 Å². The summed E-state index contributed by atoms with van der Waals surface area (Å²) in [5.41, 5.74) is 10.8. The summed E-state index contributed by atoms with van der Waals surface area (Å²) in [6, 6.07) is 0. The third-order valence-electron chi connectivity index (χ3n) is 4.46. The highest BCUT2D eigenvalue weighted by Gasteiger charge is 2.30. The number of nitrogens with zero attached hydrogens (tertiary/aromatic N) is 2. The number of carbonyl (C=O) groups excluding carboxylic acids is 1. The predicted octanol–water partition coefficient (Wildman–Crippen LogP) is 2.09. The number of rotatable bonds is 2. The maximum Gasteiger partial charge on any atom is 0.289 e. The van der Waals surface area contributed by atoms with E-state index in [0.717, 1.165) is 67.8 Å². The largest absolute Gasteiger partial charge is 0.455 e. The minimum Gasteiger partial charge on any atom is -0.455 e. The molecule has 0 atom stereocenters. The van der Waals surface area contributed by atoms with Gasteiger partial charge in [-0.1, -0.05) is 0 Å². The van der Waals surface area contributed by atoms with Crippen LogP contribution < -0.4 is 11.2 Å². The van der Waals surface area contributed by atoms with Gasteiger partial charge in [-0.3, -0.25) is 10.2 Å². The standard InChI is InChI=1S/C16H22N4O2S/c1-10-13-11(18-19-16(17)23)6-5-7-12(13)22-14(10)15(21)20-8-3-2-4-9-20/h2-9H2,1H3,(H3,17,19,23)/b18-11+. The molecule has 0 saturated carbocycles. The Morgan fingerprint density at radius 3 is 2.70 bits per heavy atom. The minimum atomic E-state index is -0.00162. The van der Waals surface area contributed by atoms with Crippen molar-refractivity contribution in [3.8, 4) is 0 Å². The van der Waals surface area contributed by atoms with Gasteiger partial charge in [0.05, 0.1) is 5.71 Å². The van der Waals surface area contributed by atoms with Crippen molar-refractivity contribution >= 4 is 28.9 Å². The Balaban J connectivity index is 1.91. The first kappa shape index (κ1) is 16.0. The number of hydrogen-bond acceptors (Lipinski definition) is 4. The first-order valence-corrected chi connectivity index (χ1v) is 8.52. The second-order valence-electron chi connectivity index (χ2n) is 6.10. The van der Waals surface area contributed by atoms with Crippen molar-refractivity contribution in [1.29, 1.82) is 0 Å². The van der Waals surface area contributed by atoms with Gasteiger partial charge >= 0.3 is 0 Å². The van der Waals surface area contributed by atoms with Crippen LogP contribution in [-0.4, -0.2) is 34.7 Å². The van der Waals surface area contributed by atoms with Gasteiger partial charge in [0.25, 0.3) is 5.91 Å². The van der Waals surface area contributed by atoms with E-state index in [-0.39, 0.29) is 11.0 Å². The van der Waals surface area contributed by atoms with Crippen LogP contribution in [0.1, 0.15) is 59.5 Å². The zero-order chi connectivity index (χ0) is 16.4. The lowest BCUT2D eigenvalue weighted by Crippen LogP contribution is -2.35. The van der Waals surface area contributed by atoms with Crippen molar-refractivity contribution in [1.82, 2.24) is 10.3 Å². The molecular formula is C16H22N4O2S. The zero-order valence-corrected chi connectivity index (χ0v) is 14.2. The van der Waals surface area contributed by atoms with E-state index in [1.54, 1.807) is 0 Å². The van der Waals surface area contributed by atoms with Crippen LogP contribution in [0.3, 0.4) is 0 Å². The molecule has 0 radical (unpaired) electrons. The summed E-state index contributed by atoms with van der Waals surface area (Å²) in [6.07, 6.45) is 5.91. The van der Waals surface area contributed by atoms with Crippen molar-refractivity contribution < 1.29 is 9.21 Å². The monoisotopic (exact) mass is 334 g/mol. The maximum atomic E-state index is 12.7. The summed E-state index contributed by atoms with van der Waals surface area (Å²) in [6.45, 7) is 3.56. The molecule has 1 aliphatic carbocycles. The Kier molecular flexibility index (Phi) is 4.66. The molecule has 0 spiro atoms. The summed E-state index contributed by atoms with van der Waals surface area (Å²) >= 11 is 4.80. The fourth-order valence-electron chi connectivity index (χ4n) is 3.35. The summed E-state index contributed by atoms with van der Waals surface area (Å²) in [5, 5.41) is 4.42. The smallest absolute Gasteiger partial charge is 0.289 e. The predicted molar refractivity (Wildman–Crippen MR) is 92.6 cm³/mol. The molecule has 23 heavy (non-hydrogen) atoms. The van der Waals surface area contributed by atoms with Gasteiger partial charge in [0.2, 0.25) is 0 Å². The molecule has 1 aromatic rings. The number of nitrogens with two attached hydrogens (primary N) is 1. The van der Waals surface area contributed by atoms with Crippen molar-refractivity contribution in [2.45, 2.75) is 45.4 Å². The van der Waals surface area contributed by atoms with E-state index < -0.39 is 0 Å². The fraction of sp³-hybridized carbons (Fsp3) is 0.562. The van der Waals surface area contributed by atoms with Crippen LogP contribution in [0.25, 0.3) is 0 Å². The number of thiocarbonyl (C=S) groups is 1. The highest BCUT2D eigenvalue weighted by Crippen LogP contribution is 2.31. The lowest BCUT2D eigenvalue weighted by molar-refractivity contribution is 0.0689. The number of hydrogen-bond donors (Lipinski definition) is 2. The second-order valence-corrected chi connectivity index (χ2v) is 6.54. The Hall–Kier alpha value is -1.89. The summed E-state index contributed by atoms with van der Waals surface area (Å²) in [4.78, 5) is 14.6. The average molecular weight is 334 g/mol. The molecule has 3 rings (SSSR count). The van der Waals surface area contributed by atoms with Gasteiger partial charge < -0.3 is 15.1 Å². The summed E-state index contributed by atoms with van der Waals surface area (Å²) < 4.78 is 5.93. The first-order chi connectivity index (χ1) is 11.1. The molecule has 1 amide bonds. The summed E-state index contributed by atoms with van der Waals surface area (Å²) in [7, 11) is 0. The molecule has 0 bridgehead atoms. The molecule has 3 N–H and O–H groups in total. The third-order valence-corrected chi connectivity index (χ3v) is 4.56. The van der Waals surface area contributed by atoms with Crippen LogP contribution in [0.15, 0.2) is 9.52 Å². The number of amides is 1. The van der Waals surface area contributed by atoms with E-state index >= 15 is 0 Å². The molecule has 7 heteroatoms. The lowest BCUT2D eigenvalue weighted by atomic mass is 9.93. The second kappa shape index (κ2) is 6.70. The van der Waals surface area contributed by atoms with Crippen LogP contribution >= 0.6 is 12.2 Å². The fourth-order valence-corrected chi connectivity index (χ4v) is 3.39. The Morgan fingerprint density at radius 1 is 1.26 bits per heavy atom. The number of likely N-dealkylation sites (tertiary alicyclic amines) is 1. The average Bonchev–Trinajstić information content (AvgIpc) is 2.90. The van der Waals surface area contributed by atoms with Gasteiger partial charge in [0.1, 0.15) is 5.76 Å². The summed E-state index contributed by atoms with van der Waals surface area (Å²) in [5.74, 6) is 1.30. The maximum absolute atomic E-state index is 12.7. The lowest BCUT2D eigenvalue weighted by Gasteiger charge is -2.25. The van der Waals surface area contributed by atoms with Crippen molar-refractivity contribution in [3.05, 3.63) is 22.6 Å². The van der Waals surface area contributed by atoms with E-state index in [9.17, 15) is 4.79 Å². The van der Waals surface area contributed by atoms with E-state index in [1.807, 2.05) is 11.8 Å². The van der Waals surface area contributed by atoms with E-state index in [1.165, 1.54) is 6.42 Å². The Morgan fingerprint density at radius 2 is 2.00 bits per heavy atom. The molecule has 124 valence electrons. The quantitative estimate of drug-likeness (QED) is 0.639. The van der Waals surface area contributed by atoms with Crippen LogP contribution in [0.5, 0.6) is 0 Å². The van der Waals surface area contributed by atoms with Gasteiger partial charge in [0, 0.05) is 30.6 Å². The highest BCUT2D eigenvalue weighted by molar-refractivity contribution is 7.80. The van der Waals surface area contributed by atoms with Gasteiger partial charge in [0.15, 0.2) is 10.9 Å². The number of hydrazone groups is 1. The Labute approximate surface area is 141 Å². The molecule has 2 heterocycles. The zero-order valence-electron chi connectivity index (χ0n) is 13.4. The minimum absolute atomic E-state index is 0.00162. The number of carbonyl (C=O) groups is 1. The first-order valence-electron chi connectivity index (χ1n) is 8.12. The van der Waals surface area contributed by atoms with E-state index in [4.69, 9.17) is 22.4 Å². The molecule has 1 saturated heterocycles. The van der Waals surface area contributed by atoms with Crippen LogP contribution in [0.2, 0.25) is 0 Å². The van der Waals surface area contributed by atoms with E-state index in [0.29, 0.717) is 5.76 Å². The van der Waals surface area contributed by atoms with Crippen LogP contribution in [0, 0.1) is 6.92 Å². The number of nitrogens with one attached hydrogen (secondary N) is 1. The molecule has 2 aliphatic rings. The normalized spacial score (nSPS) is 19.5. The number of piperidine rings is 1. The van der Waals surface area contributed by atoms with Crippen LogP contribution in [-0.2, 0) is 6.42 Å². The molecule has 1 aromatic heterocycles. The number of furan rings is 1. The van der Waals surface area contributed by atoms with E-state index in [2.05, 4.69) is 10.5 Å². The number of aryl methyl sites for hydroxylation is 1. The van der Waals surface area contributed by atoms with Crippen molar-refractivity contribution in [2.75, 3.05) is 13.1 Å². The van der Waals surface area contributed by atoms with Crippen LogP contribution in [0.4, 0.5) is 0 Å². The third kappa shape index (κ3) is 3.24. The Bertz CT molecular complexity index is 659. The van der Waals surface area contributed by atoms with Gasteiger partial charge in [-0.15, -0.1) is 0 Å². The molecule has 0 aromatic carbocycles. The van der Waals surface area contributed by atoms with Gasteiger partial charge in [-0.25, -0.2) is 0 Å². The molecule has 0 unspecified atom stereocenters. The molecule has 1 fully saturated rings. The highest BCUT2D eigenvalue weighted by atomic mass is 32.1. The molecule has 6 nitrogen and oxygen atoms in total. The SMILES string of the molecule is Cc1c(C(=O)N2CCCCC2)oc2c1/C(=N/NC(N)=S)CCC2. The van der Waals surface area contributed by atoms with Gasteiger partial charge in [-0.2, -0.15) is 5.10 Å². The topological polar surface area (TPSA) is 83.9 Å². The van der Waals surface area contributed by atoms with Gasteiger partial charge in [-0.05, 0) is 51.2 Å².